The molecule has 1 aliphatic heterocycles. The number of allylic oxidation sites excluding steroid dienone is 2. The number of amides is 1. The van der Waals surface area contributed by atoms with Gasteiger partial charge in [-0.1, -0.05) is 12.5 Å². The highest BCUT2D eigenvalue weighted by Gasteiger charge is 2.27. The van der Waals surface area contributed by atoms with Crippen LogP contribution in [0.1, 0.15) is 33.6 Å². The topological polar surface area (TPSA) is 23.6 Å². The molecule has 1 aliphatic rings. The van der Waals surface area contributed by atoms with Gasteiger partial charge < -0.3 is 9.80 Å². The molecule has 92 valence electrons. The average molecular weight is 224 g/mol. The van der Waals surface area contributed by atoms with E-state index in [4.69, 9.17) is 0 Å². The standard InChI is InChI=1S/C13H24N2O/c1-6-12-9-13(16)15(8-7-14(4)5)11(3)10(12)2/h12H,6-9H2,1-5H3. The number of likely N-dealkylation sites (N-methyl/N-ethyl adjacent to an activating group) is 1. The molecule has 0 saturated heterocycles. The Kier molecular flexibility index (Phi) is 4.54. The molecule has 3 nitrogen and oxygen atoms in total. The maximum absolute atomic E-state index is 12.0. The van der Waals surface area contributed by atoms with Gasteiger partial charge in [-0.25, -0.2) is 0 Å². The van der Waals surface area contributed by atoms with Crippen molar-refractivity contribution in [1.29, 1.82) is 0 Å². The largest absolute Gasteiger partial charge is 0.315 e. The Balaban J connectivity index is 2.77. The van der Waals surface area contributed by atoms with Crippen LogP contribution in [0.4, 0.5) is 0 Å². The first-order valence-corrected chi connectivity index (χ1v) is 6.09. The lowest BCUT2D eigenvalue weighted by atomic mass is 9.88. The van der Waals surface area contributed by atoms with Crippen LogP contribution in [0.5, 0.6) is 0 Å². The summed E-state index contributed by atoms with van der Waals surface area (Å²) < 4.78 is 0. The van der Waals surface area contributed by atoms with Crippen molar-refractivity contribution in [3.63, 3.8) is 0 Å². The third kappa shape index (κ3) is 2.85. The van der Waals surface area contributed by atoms with Gasteiger partial charge in [-0.05, 0) is 40.3 Å². The molecule has 0 spiro atoms. The normalized spacial score (nSPS) is 22.2. The first kappa shape index (κ1) is 13.2. The third-order valence-electron chi connectivity index (χ3n) is 3.57. The number of nitrogens with zero attached hydrogens (tertiary/aromatic N) is 2. The van der Waals surface area contributed by atoms with Crippen molar-refractivity contribution in [3.8, 4) is 0 Å². The summed E-state index contributed by atoms with van der Waals surface area (Å²) >= 11 is 0. The quantitative estimate of drug-likeness (QED) is 0.730. The van der Waals surface area contributed by atoms with Crippen molar-refractivity contribution in [3.05, 3.63) is 11.3 Å². The number of carbonyl (C=O) groups excluding carboxylic acids is 1. The SMILES string of the molecule is CCC1CC(=O)N(CCN(C)C)C(C)=C1C. The van der Waals surface area contributed by atoms with Gasteiger partial charge in [-0.15, -0.1) is 0 Å². The van der Waals surface area contributed by atoms with E-state index < -0.39 is 0 Å². The zero-order chi connectivity index (χ0) is 12.3. The van der Waals surface area contributed by atoms with Crippen molar-refractivity contribution < 1.29 is 4.79 Å². The lowest BCUT2D eigenvalue weighted by Crippen LogP contribution is -2.40. The van der Waals surface area contributed by atoms with Crippen molar-refractivity contribution in [1.82, 2.24) is 9.80 Å². The maximum atomic E-state index is 12.0. The Hall–Kier alpha value is -0.830. The average Bonchev–Trinajstić information content (AvgIpc) is 2.22. The molecule has 1 rings (SSSR count). The lowest BCUT2D eigenvalue weighted by Gasteiger charge is -2.34. The summed E-state index contributed by atoms with van der Waals surface area (Å²) in [5.74, 6) is 0.750. The molecule has 1 unspecified atom stereocenters. The highest BCUT2D eigenvalue weighted by atomic mass is 16.2. The van der Waals surface area contributed by atoms with Crippen LogP contribution < -0.4 is 0 Å². The molecule has 0 saturated carbocycles. The molecule has 0 aliphatic carbocycles. The summed E-state index contributed by atoms with van der Waals surface area (Å²) in [7, 11) is 4.07. The molecule has 0 aromatic carbocycles. The zero-order valence-corrected chi connectivity index (χ0v) is 11.2. The first-order chi connectivity index (χ1) is 7.47. The summed E-state index contributed by atoms with van der Waals surface area (Å²) in [4.78, 5) is 16.1. The number of carbonyl (C=O) groups is 1. The van der Waals surface area contributed by atoms with Gasteiger partial charge >= 0.3 is 0 Å². The highest BCUT2D eigenvalue weighted by Crippen LogP contribution is 2.29. The third-order valence-corrected chi connectivity index (χ3v) is 3.57. The second kappa shape index (κ2) is 5.48. The number of hydrogen-bond acceptors (Lipinski definition) is 2. The molecule has 0 N–H and O–H groups in total. The Bertz CT molecular complexity index is 294. The monoisotopic (exact) mass is 224 g/mol. The summed E-state index contributed by atoms with van der Waals surface area (Å²) in [6.45, 7) is 8.13. The van der Waals surface area contributed by atoms with Gasteiger partial charge in [0.15, 0.2) is 0 Å². The summed E-state index contributed by atoms with van der Waals surface area (Å²) in [6, 6.07) is 0. The molecular weight excluding hydrogens is 200 g/mol. The van der Waals surface area contributed by atoms with Crippen molar-refractivity contribution in [2.45, 2.75) is 33.6 Å². The lowest BCUT2D eigenvalue weighted by molar-refractivity contribution is -0.131. The van der Waals surface area contributed by atoms with Crippen LogP contribution in [0.2, 0.25) is 0 Å². The van der Waals surface area contributed by atoms with Crippen LogP contribution in [0, 0.1) is 5.92 Å². The van der Waals surface area contributed by atoms with Gasteiger partial charge in [0.2, 0.25) is 5.91 Å². The second-order valence-electron chi connectivity index (χ2n) is 4.93. The minimum atomic E-state index is 0.289. The van der Waals surface area contributed by atoms with Gasteiger partial charge in [0, 0.05) is 25.2 Å². The molecule has 3 heteroatoms. The van der Waals surface area contributed by atoms with Gasteiger partial charge in [-0.2, -0.15) is 0 Å². The molecule has 0 aromatic heterocycles. The minimum Gasteiger partial charge on any atom is -0.315 e. The van der Waals surface area contributed by atoms with E-state index in [9.17, 15) is 4.79 Å². The molecule has 0 aromatic rings. The van der Waals surface area contributed by atoms with Gasteiger partial charge in [0.25, 0.3) is 0 Å². The van der Waals surface area contributed by atoms with Crippen LogP contribution in [-0.2, 0) is 4.79 Å². The maximum Gasteiger partial charge on any atom is 0.227 e. The Morgan fingerprint density at radius 1 is 1.38 bits per heavy atom. The minimum absolute atomic E-state index is 0.289. The molecule has 0 radical (unpaired) electrons. The molecular formula is C13H24N2O. The van der Waals surface area contributed by atoms with E-state index in [1.165, 1.54) is 11.3 Å². The van der Waals surface area contributed by atoms with Crippen molar-refractivity contribution >= 4 is 5.91 Å². The fourth-order valence-electron chi connectivity index (χ4n) is 2.21. The first-order valence-electron chi connectivity index (χ1n) is 6.09. The van der Waals surface area contributed by atoms with Gasteiger partial charge in [0.1, 0.15) is 0 Å². The predicted molar refractivity (Wildman–Crippen MR) is 67.0 cm³/mol. The van der Waals surface area contributed by atoms with Crippen molar-refractivity contribution in [2.75, 3.05) is 27.2 Å². The van der Waals surface area contributed by atoms with Gasteiger partial charge in [0.05, 0.1) is 0 Å². The van der Waals surface area contributed by atoms with Crippen LogP contribution in [-0.4, -0.2) is 42.9 Å². The van der Waals surface area contributed by atoms with E-state index >= 15 is 0 Å². The zero-order valence-electron chi connectivity index (χ0n) is 11.2. The fourth-order valence-corrected chi connectivity index (χ4v) is 2.21. The fraction of sp³-hybridized carbons (Fsp3) is 0.769. The molecule has 0 bridgehead atoms. The molecule has 1 heterocycles. The summed E-state index contributed by atoms with van der Waals surface area (Å²) in [5.41, 5.74) is 2.56. The van der Waals surface area contributed by atoms with E-state index in [1.54, 1.807) is 0 Å². The van der Waals surface area contributed by atoms with Gasteiger partial charge in [-0.3, -0.25) is 4.79 Å². The van der Waals surface area contributed by atoms with Crippen LogP contribution in [0.3, 0.4) is 0 Å². The predicted octanol–water partition coefficient (Wildman–Crippen LogP) is 2.10. The van der Waals surface area contributed by atoms with Crippen LogP contribution in [0.25, 0.3) is 0 Å². The van der Waals surface area contributed by atoms with E-state index in [0.29, 0.717) is 12.3 Å². The Labute approximate surface area is 99.1 Å². The van der Waals surface area contributed by atoms with E-state index in [-0.39, 0.29) is 5.91 Å². The second-order valence-corrected chi connectivity index (χ2v) is 4.93. The number of rotatable bonds is 4. The smallest absolute Gasteiger partial charge is 0.227 e. The Morgan fingerprint density at radius 3 is 2.50 bits per heavy atom. The summed E-state index contributed by atoms with van der Waals surface area (Å²) in [6.07, 6.45) is 1.75. The molecule has 0 fully saturated rings. The van der Waals surface area contributed by atoms with Crippen LogP contribution >= 0.6 is 0 Å². The Morgan fingerprint density at radius 2 is 2.00 bits per heavy atom. The van der Waals surface area contributed by atoms with E-state index in [1.807, 2.05) is 19.0 Å². The van der Waals surface area contributed by atoms with E-state index in [0.717, 1.165) is 19.5 Å². The molecule has 16 heavy (non-hydrogen) atoms. The number of hydrogen-bond donors (Lipinski definition) is 0. The van der Waals surface area contributed by atoms with Crippen molar-refractivity contribution in [2.24, 2.45) is 5.92 Å². The summed E-state index contributed by atoms with van der Waals surface area (Å²) in [5, 5.41) is 0. The van der Waals surface area contributed by atoms with Crippen LogP contribution in [0.15, 0.2) is 11.3 Å². The molecule has 1 amide bonds. The van der Waals surface area contributed by atoms with E-state index in [2.05, 4.69) is 25.7 Å². The molecule has 1 atom stereocenters. The highest BCUT2D eigenvalue weighted by molar-refractivity contribution is 5.80.